The number of hydrogen-bond acceptors (Lipinski definition) is 3. The molecule has 3 saturated carbocycles. The molecule has 4 heteroatoms. The third-order valence-electron chi connectivity index (χ3n) is 7.82. The molecule has 28 heavy (non-hydrogen) atoms. The molecule has 3 fully saturated rings. The van der Waals surface area contributed by atoms with Gasteiger partial charge < -0.3 is 15.3 Å². The monoisotopic (exact) mass is 390 g/mol. The highest BCUT2D eigenvalue weighted by Crippen LogP contribution is 2.64. The summed E-state index contributed by atoms with van der Waals surface area (Å²) in [5, 5.41) is 30.1. The number of fused-ring (bicyclic) bond motifs is 1. The molecule has 0 aromatic carbocycles. The first kappa shape index (κ1) is 21.6. The van der Waals surface area contributed by atoms with Gasteiger partial charge in [0.05, 0.1) is 12.2 Å². The van der Waals surface area contributed by atoms with Crippen LogP contribution >= 0.6 is 0 Å². The second-order valence-electron chi connectivity index (χ2n) is 9.70. The van der Waals surface area contributed by atoms with Crippen LogP contribution in [0.2, 0.25) is 0 Å². The normalized spacial score (nSPS) is 38.9. The van der Waals surface area contributed by atoms with Crippen LogP contribution in [0.1, 0.15) is 78.1 Å². The molecule has 6 atom stereocenters. The average Bonchev–Trinajstić information content (AvgIpc) is 2.66. The molecule has 3 aliphatic rings. The molecule has 0 saturated heterocycles. The Labute approximate surface area is 169 Å². The lowest BCUT2D eigenvalue weighted by Gasteiger charge is -2.62. The van der Waals surface area contributed by atoms with E-state index in [2.05, 4.69) is 26.0 Å². The maximum Gasteiger partial charge on any atom is 0.303 e. The summed E-state index contributed by atoms with van der Waals surface area (Å²) < 4.78 is 0. The molecule has 3 N–H and O–H groups in total. The number of carboxylic acid groups (broad SMARTS) is 1. The van der Waals surface area contributed by atoms with Gasteiger partial charge in [-0.15, -0.1) is 0 Å². The van der Waals surface area contributed by atoms with Gasteiger partial charge in [-0.3, -0.25) is 4.79 Å². The lowest BCUT2D eigenvalue weighted by molar-refractivity contribution is -0.136. The smallest absolute Gasteiger partial charge is 0.303 e. The molecule has 4 nitrogen and oxygen atoms in total. The third kappa shape index (κ3) is 4.54. The average molecular weight is 391 g/mol. The number of aliphatic hydroxyl groups excluding tert-OH is 2. The molecule has 0 aromatic rings. The van der Waals surface area contributed by atoms with E-state index in [9.17, 15) is 15.0 Å². The van der Waals surface area contributed by atoms with Crippen LogP contribution in [0.15, 0.2) is 23.8 Å². The highest BCUT2D eigenvalue weighted by atomic mass is 16.4. The van der Waals surface area contributed by atoms with Crippen LogP contribution in [-0.4, -0.2) is 33.5 Å². The molecule has 0 amide bonds. The Morgan fingerprint density at radius 2 is 1.96 bits per heavy atom. The molecule has 2 unspecified atom stereocenters. The van der Waals surface area contributed by atoms with Crippen LogP contribution in [-0.2, 0) is 4.79 Å². The SMILES string of the molecule is CC1C(=CCCC(=O)O)[C@]2(C)CC[C@H](O)[C@@H](C=CC(O)CC3CCCCC3)[C@H]12. The highest BCUT2D eigenvalue weighted by Gasteiger charge is 2.58. The van der Waals surface area contributed by atoms with Gasteiger partial charge in [0.25, 0.3) is 0 Å². The Bertz CT molecular complexity index is 604. The van der Waals surface area contributed by atoms with Crippen molar-refractivity contribution >= 4 is 5.97 Å². The van der Waals surface area contributed by atoms with Crippen molar-refractivity contribution < 1.29 is 20.1 Å². The summed E-state index contributed by atoms with van der Waals surface area (Å²) in [6.07, 6.45) is 15.1. The maximum absolute atomic E-state index is 10.8. The largest absolute Gasteiger partial charge is 0.481 e. The summed E-state index contributed by atoms with van der Waals surface area (Å²) in [4.78, 5) is 10.8. The van der Waals surface area contributed by atoms with Crippen molar-refractivity contribution in [1.29, 1.82) is 0 Å². The highest BCUT2D eigenvalue weighted by molar-refractivity contribution is 5.66. The molecule has 158 valence electrons. The van der Waals surface area contributed by atoms with E-state index in [-0.39, 0.29) is 23.9 Å². The number of carbonyl (C=O) groups is 1. The van der Waals surface area contributed by atoms with Gasteiger partial charge in [0.2, 0.25) is 0 Å². The van der Waals surface area contributed by atoms with Crippen molar-refractivity contribution in [3.8, 4) is 0 Å². The minimum Gasteiger partial charge on any atom is -0.481 e. The predicted molar refractivity (Wildman–Crippen MR) is 111 cm³/mol. The van der Waals surface area contributed by atoms with Gasteiger partial charge in [0.1, 0.15) is 0 Å². The standard InChI is InChI=1S/C24H38O4/c1-16-20(9-6-10-22(27)28)24(2)14-13-21(26)19(23(16)24)12-11-18(25)15-17-7-4-3-5-8-17/h9,11-12,16-19,21,23,25-26H,3-8,10,13-15H2,1-2H3,(H,27,28)/t16?,18?,19-,21+,23+,24+/m1/s1. The fourth-order valence-corrected chi connectivity index (χ4v) is 6.43. The van der Waals surface area contributed by atoms with Gasteiger partial charge >= 0.3 is 5.97 Å². The van der Waals surface area contributed by atoms with Crippen LogP contribution < -0.4 is 0 Å². The zero-order valence-corrected chi connectivity index (χ0v) is 17.5. The van der Waals surface area contributed by atoms with E-state index in [4.69, 9.17) is 5.11 Å². The second kappa shape index (κ2) is 9.13. The second-order valence-corrected chi connectivity index (χ2v) is 9.70. The zero-order chi connectivity index (χ0) is 20.3. The van der Waals surface area contributed by atoms with Crippen molar-refractivity contribution in [2.45, 2.75) is 90.3 Å². The van der Waals surface area contributed by atoms with E-state index in [1.54, 1.807) is 0 Å². The molecule has 0 bridgehead atoms. The Kier molecular flexibility index (Phi) is 7.03. The Hall–Kier alpha value is -1.13. The minimum absolute atomic E-state index is 0.0560. The number of hydrogen-bond donors (Lipinski definition) is 3. The van der Waals surface area contributed by atoms with Crippen molar-refractivity contribution in [2.75, 3.05) is 0 Å². The van der Waals surface area contributed by atoms with E-state index in [1.807, 2.05) is 6.08 Å². The Morgan fingerprint density at radius 3 is 2.64 bits per heavy atom. The van der Waals surface area contributed by atoms with Gasteiger partial charge in [-0.1, -0.05) is 69.8 Å². The first-order valence-corrected chi connectivity index (χ1v) is 11.3. The predicted octanol–water partition coefficient (Wildman–Crippen LogP) is 4.71. The Morgan fingerprint density at radius 1 is 1.25 bits per heavy atom. The van der Waals surface area contributed by atoms with Gasteiger partial charge in [0.15, 0.2) is 0 Å². The summed E-state index contributed by atoms with van der Waals surface area (Å²) >= 11 is 0. The van der Waals surface area contributed by atoms with E-state index in [0.717, 1.165) is 19.3 Å². The molecule has 0 radical (unpaired) electrons. The van der Waals surface area contributed by atoms with E-state index in [1.165, 1.54) is 37.7 Å². The van der Waals surface area contributed by atoms with E-state index < -0.39 is 12.1 Å². The van der Waals surface area contributed by atoms with Gasteiger partial charge in [-0.05, 0) is 48.9 Å². The quantitative estimate of drug-likeness (QED) is 0.550. The molecule has 0 aromatic heterocycles. The number of allylic oxidation sites excluding steroid dienone is 2. The first-order chi connectivity index (χ1) is 13.3. The first-order valence-electron chi connectivity index (χ1n) is 11.3. The Balaban J connectivity index is 1.63. The molecular formula is C24H38O4. The summed E-state index contributed by atoms with van der Waals surface area (Å²) in [6, 6.07) is 0. The fraction of sp³-hybridized carbons (Fsp3) is 0.792. The van der Waals surface area contributed by atoms with Gasteiger partial charge in [0, 0.05) is 12.3 Å². The molecule has 0 heterocycles. The number of aliphatic hydroxyl groups is 2. The molecule has 0 spiro atoms. The van der Waals surface area contributed by atoms with Gasteiger partial charge in [-0.25, -0.2) is 0 Å². The van der Waals surface area contributed by atoms with Crippen molar-refractivity contribution in [2.24, 2.45) is 29.1 Å². The van der Waals surface area contributed by atoms with Crippen LogP contribution in [0.4, 0.5) is 0 Å². The minimum atomic E-state index is -0.752. The fourth-order valence-electron chi connectivity index (χ4n) is 6.43. The summed E-state index contributed by atoms with van der Waals surface area (Å²) in [7, 11) is 0. The molecule has 3 rings (SSSR count). The third-order valence-corrected chi connectivity index (χ3v) is 7.82. The lowest BCUT2D eigenvalue weighted by Crippen LogP contribution is -2.56. The number of carboxylic acids is 1. The van der Waals surface area contributed by atoms with Crippen molar-refractivity contribution in [3.05, 3.63) is 23.8 Å². The number of aliphatic carboxylic acids is 1. The van der Waals surface area contributed by atoms with Crippen LogP contribution in [0.5, 0.6) is 0 Å². The van der Waals surface area contributed by atoms with Crippen LogP contribution in [0, 0.1) is 29.1 Å². The van der Waals surface area contributed by atoms with Crippen molar-refractivity contribution in [3.63, 3.8) is 0 Å². The maximum atomic E-state index is 10.8. The van der Waals surface area contributed by atoms with Crippen LogP contribution in [0.25, 0.3) is 0 Å². The topological polar surface area (TPSA) is 77.8 Å². The van der Waals surface area contributed by atoms with Crippen LogP contribution in [0.3, 0.4) is 0 Å². The summed E-state index contributed by atoms with van der Waals surface area (Å²) in [5.41, 5.74) is 1.42. The summed E-state index contributed by atoms with van der Waals surface area (Å²) in [5.74, 6) is 0.689. The molecule has 3 aliphatic carbocycles. The van der Waals surface area contributed by atoms with E-state index >= 15 is 0 Å². The lowest BCUT2D eigenvalue weighted by atomic mass is 9.43. The summed E-state index contributed by atoms with van der Waals surface area (Å²) in [6.45, 7) is 4.48. The van der Waals surface area contributed by atoms with Gasteiger partial charge in [-0.2, -0.15) is 0 Å². The molecule has 0 aliphatic heterocycles. The van der Waals surface area contributed by atoms with E-state index in [0.29, 0.717) is 24.2 Å². The zero-order valence-electron chi connectivity index (χ0n) is 17.5. The number of rotatable bonds is 7. The molecular weight excluding hydrogens is 352 g/mol. The van der Waals surface area contributed by atoms with Crippen molar-refractivity contribution in [1.82, 2.24) is 0 Å².